The minimum Gasteiger partial charge on any atom is -0.426 e. The number of nitrogens with one attached hydrogen (secondary N) is 1. The van der Waals surface area contributed by atoms with Crippen molar-refractivity contribution < 1.29 is 19.1 Å². The van der Waals surface area contributed by atoms with Crippen molar-refractivity contribution in [3.63, 3.8) is 0 Å². The van der Waals surface area contributed by atoms with E-state index in [2.05, 4.69) is 11.4 Å². The van der Waals surface area contributed by atoms with Crippen molar-refractivity contribution in [2.45, 2.75) is 27.3 Å². The first-order chi connectivity index (χ1) is 17.6. The quantitative estimate of drug-likeness (QED) is 0.333. The summed E-state index contributed by atoms with van der Waals surface area (Å²) in [6.45, 7) is 6.46. The summed E-state index contributed by atoms with van der Waals surface area (Å²) in [5.41, 5.74) is 8.27. The third kappa shape index (κ3) is 7.50. The maximum absolute atomic E-state index is 13.3. The van der Waals surface area contributed by atoms with E-state index in [4.69, 9.17) is 15.7 Å². The number of nitriles is 1. The Morgan fingerprint density at radius 3 is 2.24 bits per heavy atom. The molecule has 0 aliphatic rings. The van der Waals surface area contributed by atoms with Gasteiger partial charge in [0.15, 0.2) is 0 Å². The summed E-state index contributed by atoms with van der Waals surface area (Å²) in [6, 6.07) is 22.3. The molecule has 37 heavy (non-hydrogen) atoms. The Kier molecular flexibility index (Phi) is 8.77. The van der Waals surface area contributed by atoms with Crippen LogP contribution in [0.15, 0.2) is 72.8 Å². The van der Waals surface area contributed by atoms with E-state index in [-0.39, 0.29) is 22.6 Å². The summed E-state index contributed by atoms with van der Waals surface area (Å²) in [6.07, 6.45) is 0. The van der Waals surface area contributed by atoms with Gasteiger partial charge >= 0.3 is 5.97 Å². The van der Waals surface area contributed by atoms with E-state index in [1.807, 2.05) is 26.0 Å². The molecule has 0 aliphatic heterocycles. The first kappa shape index (κ1) is 27.1. The third-order valence-corrected chi connectivity index (χ3v) is 5.69. The van der Waals surface area contributed by atoms with Crippen molar-refractivity contribution in [1.82, 2.24) is 4.90 Å². The van der Waals surface area contributed by atoms with Gasteiger partial charge in [0.25, 0.3) is 11.8 Å². The zero-order valence-corrected chi connectivity index (χ0v) is 21.2. The molecular formula is C29H30N4O4. The second-order valence-electron chi connectivity index (χ2n) is 9.46. The van der Waals surface area contributed by atoms with Crippen LogP contribution >= 0.6 is 0 Å². The Balaban J connectivity index is 1.76. The molecule has 8 heteroatoms. The van der Waals surface area contributed by atoms with Crippen LogP contribution in [0.3, 0.4) is 0 Å². The molecule has 0 saturated carbocycles. The van der Waals surface area contributed by atoms with E-state index < -0.39 is 11.9 Å². The summed E-state index contributed by atoms with van der Waals surface area (Å²) < 4.78 is 5.13. The van der Waals surface area contributed by atoms with E-state index in [1.54, 1.807) is 65.6 Å². The molecule has 0 aromatic heterocycles. The molecule has 8 nitrogen and oxygen atoms in total. The van der Waals surface area contributed by atoms with Crippen LogP contribution in [0.5, 0.6) is 5.75 Å². The average Bonchev–Trinajstić information content (AvgIpc) is 2.89. The summed E-state index contributed by atoms with van der Waals surface area (Å²) in [5, 5.41) is 11.8. The van der Waals surface area contributed by atoms with Gasteiger partial charge in [0.05, 0.1) is 17.2 Å². The SMILES string of the molecule is CC(=O)Oc1ccccc1C(=O)Nc1ccc(CN(CC(C)(C)CN)C(=O)c2ccc(C#N)cc2)cc1. The second kappa shape index (κ2) is 12.0. The zero-order chi connectivity index (χ0) is 27.0. The van der Waals surface area contributed by atoms with Gasteiger partial charge in [0.2, 0.25) is 0 Å². The monoisotopic (exact) mass is 498 g/mol. The lowest BCUT2D eigenvalue weighted by molar-refractivity contribution is -0.131. The lowest BCUT2D eigenvalue weighted by Crippen LogP contribution is -2.41. The molecule has 0 unspecified atom stereocenters. The predicted octanol–water partition coefficient (Wildman–Crippen LogP) is 4.36. The van der Waals surface area contributed by atoms with Crippen molar-refractivity contribution >= 4 is 23.5 Å². The van der Waals surface area contributed by atoms with Crippen molar-refractivity contribution in [2.24, 2.45) is 11.1 Å². The highest BCUT2D eigenvalue weighted by Gasteiger charge is 2.25. The molecule has 0 fully saturated rings. The molecular weight excluding hydrogens is 468 g/mol. The van der Waals surface area contributed by atoms with E-state index in [0.29, 0.717) is 36.4 Å². The number of carbonyl (C=O) groups is 3. The fourth-order valence-corrected chi connectivity index (χ4v) is 3.66. The van der Waals surface area contributed by atoms with Crippen molar-refractivity contribution in [3.8, 4) is 11.8 Å². The number of anilines is 1. The molecule has 0 radical (unpaired) electrons. The Morgan fingerprint density at radius 2 is 1.65 bits per heavy atom. The topological polar surface area (TPSA) is 126 Å². The summed E-state index contributed by atoms with van der Waals surface area (Å²) in [5.74, 6) is -0.900. The lowest BCUT2D eigenvalue weighted by Gasteiger charge is -2.32. The smallest absolute Gasteiger partial charge is 0.308 e. The summed E-state index contributed by atoms with van der Waals surface area (Å²) >= 11 is 0. The fraction of sp³-hybridized carbons (Fsp3) is 0.241. The van der Waals surface area contributed by atoms with Gasteiger partial charge in [-0.3, -0.25) is 14.4 Å². The summed E-state index contributed by atoms with van der Waals surface area (Å²) in [4.78, 5) is 39.2. The van der Waals surface area contributed by atoms with Crippen LogP contribution in [0.4, 0.5) is 5.69 Å². The fourth-order valence-electron chi connectivity index (χ4n) is 3.66. The molecule has 2 amide bonds. The van der Waals surface area contributed by atoms with E-state index in [9.17, 15) is 14.4 Å². The highest BCUT2D eigenvalue weighted by Crippen LogP contribution is 2.22. The molecule has 0 aliphatic carbocycles. The molecule has 0 bridgehead atoms. The zero-order valence-electron chi connectivity index (χ0n) is 21.2. The highest BCUT2D eigenvalue weighted by molar-refractivity contribution is 6.06. The van der Waals surface area contributed by atoms with Crippen molar-refractivity contribution in [1.29, 1.82) is 5.26 Å². The van der Waals surface area contributed by atoms with Crippen LogP contribution in [0, 0.1) is 16.7 Å². The van der Waals surface area contributed by atoms with Gasteiger partial charge in [0.1, 0.15) is 5.75 Å². The lowest BCUT2D eigenvalue weighted by atomic mass is 9.92. The highest BCUT2D eigenvalue weighted by atomic mass is 16.5. The Labute approximate surface area is 216 Å². The van der Waals surface area contributed by atoms with Crippen LogP contribution in [0.2, 0.25) is 0 Å². The number of ether oxygens (including phenoxy) is 1. The van der Waals surface area contributed by atoms with Crippen LogP contribution < -0.4 is 15.8 Å². The van der Waals surface area contributed by atoms with Crippen LogP contribution in [-0.2, 0) is 11.3 Å². The van der Waals surface area contributed by atoms with Crippen molar-refractivity contribution in [3.05, 3.63) is 95.1 Å². The molecule has 190 valence electrons. The molecule has 3 aromatic carbocycles. The number of carbonyl (C=O) groups excluding carboxylic acids is 3. The van der Waals surface area contributed by atoms with Gasteiger partial charge in [-0.1, -0.05) is 38.1 Å². The van der Waals surface area contributed by atoms with Gasteiger partial charge in [-0.25, -0.2) is 0 Å². The van der Waals surface area contributed by atoms with Gasteiger partial charge in [0, 0.05) is 31.3 Å². The number of nitrogens with two attached hydrogens (primary N) is 1. The van der Waals surface area contributed by atoms with Crippen molar-refractivity contribution in [2.75, 3.05) is 18.4 Å². The molecule has 3 N–H and O–H groups in total. The van der Waals surface area contributed by atoms with E-state index in [1.165, 1.54) is 6.92 Å². The number of hydrogen-bond donors (Lipinski definition) is 2. The number of hydrogen-bond acceptors (Lipinski definition) is 6. The first-order valence-electron chi connectivity index (χ1n) is 11.8. The number of para-hydroxylation sites is 1. The Hall–Kier alpha value is -4.48. The van der Waals surface area contributed by atoms with Gasteiger partial charge in [-0.05, 0) is 66.1 Å². The standard InChI is InChI=1S/C29H30N4O4/c1-20(34)37-26-7-5-4-6-25(26)27(35)32-24-14-10-22(11-15-24)17-33(19-29(2,3)18-31)28(36)23-12-8-21(16-30)9-13-23/h4-15H,17-19,31H2,1-3H3,(H,32,35). The number of benzene rings is 3. The molecule has 0 atom stereocenters. The van der Waals surface area contributed by atoms with Gasteiger partial charge in [-0.15, -0.1) is 0 Å². The molecule has 3 rings (SSSR count). The molecule has 0 spiro atoms. The number of amides is 2. The van der Waals surface area contributed by atoms with Crippen LogP contribution in [0.1, 0.15) is 52.6 Å². The largest absolute Gasteiger partial charge is 0.426 e. The minimum absolute atomic E-state index is 0.162. The maximum atomic E-state index is 13.3. The van der Waals surface area contributed by atoms with Crippen LogP contribution in [0.25, 0.3) is 0 Å². The van der Waals surface area contributed by atoms with E-state index in [0.717, 1.165) is 5.56 Å². The van der Waals surface area contributed by atoms with Gasteiger partial charge in [-0.2, -0.15) is 5.26 Å². The predicted molar refractivity (Wildman–Crippen MR) is 141 cm³/mol. The molecule has 0 saturated heterocycles. The Bertz CT molecular complexity index is 1310. The van der Waals surface area contributed by atoms with Gasteiger partial charge < -0.3 is 20.7 Å². The Morgan fingerprint density at radius 1 is 1.00 bits per heavy atom. The second-order valence-corrected chi connectivity index (χ2v) is 9.46. The molecule has 0 heterocycles. The number of rotatable bonds is 9. The normalized spacial score (nSPS) is 10.8. The minimum atomic E-state index is -0.512. The first-order valence-corrected chi connectivity index (χ1v) is 11.8. The summed E-state index contributed by atoms with van der Waals surface area (Å²) in [7, 11) is 0. The average molecular weight is 499 g/mol. The van der Waals surface area contributed by atoms with E-state index >= 15 is 0 Å². The number of esters is 1. The maximum Gasteiger partial charge on any atom is 0.308 e. The van der Waals surface area contributed by atoms with Crippen LogP contribution in [-0.4, -0.2) is 35.8 Å². The number of nitrogens with zero attached hydrogens (tertiary/aromatic N) is 2. The third-order valence-electron chi connectivity index (χ3n) is 5.69. The molecule has 3 aromatic rings.